The van der Waals surface area contributed by atoms with Crippen molar-refractivity contribution in [2.75, 3.05) is 37.7 Å². The van der Waals surface area contributed by atoms with Gasteiger partial charge in [0.1, 0.15) is 9.88 Å². The van der Waals surface area contributed by atoms with Crippen molar-refractivity contribution in [3.63, 3.8) is 0 Å². The summed E-state index contributed by atoms with van der Waals surface area (Å²) in [5.41, 5.74) is 1.26. The molecule has 0 bridgehead atoms. The van der Waals surface area contributed by atoms with Crippen molar-refractivity contribution in [2.24, 2.45) is 0 Å². The number of rotatable bonds is 5. The minimum atomic E-state index is -0.545. The van der Waals surface area contributed by atoms with E-state index in [4.69, 9.17) is 4.74 Å². The molecule has 1 saturated heterocycles. The standard InChI is InChI=1S/C20H20N6O3S/c1-14-17(30-18(24-14)15-5-2-3-6-21-15)19(28)29-13-16(27)25-9-11-26(12-10-25)20-22-7-4-8-23-20/h2-8H,9-13H2,1H3. The molecule has 4 rings (SSSR count). The van der Waals surface area contributed by atoms with Gasteiger partial charge in [0.15, 0.2) is 6.61 Å². The summed E-state index contributed by atoms with van der Waals surface area (Å²) in [4.78, 5) is 46.1. The molecular formula is C20H20N6O3S. The van der Waals surface area contributed by atoms with Gasteiger partial charge in [0, 0.05) is 44.8 Å². The first-order valence-electron chi connectivity index (χ1n) is 9.47. The number of aryl methyl sites for hydroxylation is 1. The Hall–Kier alpha value is -3.40. The van der Waals surface area contributed by atoms with Crippen LogP contribution in [-0.4, -0.2) is 69.5 Å². The highest BCUT2D eigenvalue weighted by Gasteiger charge is 2.24. The zero-order chi connectivity index (χ0) is 20.9. The highest BCUT2D eigenvalue weighted by molar-refractivity contribution is 7.17. The van der Waals surface area contributed by atoms with Gasteiger partial charge in [-0.1, -0.05) is 6.07 Å². The fourth-order valence-electron chi connectivity index (χ4n) is 3.08. The summed E-state index contributed by atoms with van der Waals surface area (Å²) in [5, 5.41) is 0.644. The molecule has 0 atom stereocenters. The van der Waals surface area contributed by atoms with Gasteiger partial charge in [0.25, 0.3) is 5.91 Å². The van der Waals surface area contributed by atoms with Gasteiger partial charge in [-0.3, -0.25) is 9.78 Å². The second kappa shape index (κ2) is 8.95. The largest absolute Gasteiger partial charge is 0.451 e. The van der Waals surface area contributed by atoms with Gasteiger partial charge in [-0.15, -0.1) is 11.3 Å². The number of piperazine rings is 1. The molecule has 0 N–H and O–H groups in total. The van der Waals surface area contributed by atoms with Crippen LogP contribution in [0.3, 0.4) is 0 Å². The lowest BCUT2D eigenvalue weighted by atomic mass is 10.3. The quantitative estimate of drug-likeness (QED) is 0.572. The van der Waals surface area contributed by atoms with Crippen molar-refractivity contribution < 1.29 is 14.3 Å². The smallest absolute Gasteiger partial charge is 0.350 e. The summed E-state index contributed by atoms with van der Waals surface area (Å²) in [6.45, 7) is 3.76. The first-order valence-corrected chi connectivity index (χ1v) is 10.3. The molecule has 9 nitrogen and oxygen atoms in total. The summed E-state index contributed by atoms with van der Waals surface area (Å²) in [6, 6.07) is 7.27. The molecule has 3 aromatic heterocycles. The molecule has 154 valence electrons. The van der Waals surface area contributed by atoms with E-state index in [-0.39, 0.29) is 12.5 Å². The van der Waals surface area contributed by atoms with Gasteiger partial charge in [0.05, 0.1) is 11.4 Å². The van der Waals surface area contributed by atoms with Gasteiger partial charge in [-0.25, -0.2) is 19.7 Å². The van der Waals surface area contributed by atoms with Crippen molar-refractivity contribution in [3.8, 4) is 10.7 Å². The van der Waals surface area contributed by atoms with E-state index < -0.39 is 5.97 Å². The number of pyridine rings is 1. The Kier molecular flexibility index (Phi) is 5.94. The Balaban J connectivity index is 1.30. The molecule has 10 heteroatoms. The van der Waals surface area contributed by atoms with E-state index in [0.29, 0.717) is 53.4 Å². The van der Waals surface area contributed by atoms with Crippen LogP contribution < -0.4 is 4.90 Å². The lowest BCUT2D eigenvalue weighted by Crippen LogP contribution is -2.50. The van der Waals surface area contributed by atoms with Crippen LogP contribution in [0.25, 0.3) is 10.7 Å². The molecule has 0 saturated carbocycles. The molecule has 0 spiro atoms. The molecule has 3 aromatic rings. The molecular weight excluding hydrogens is 404 g/mol. The normalized spacial score (nSPS) is 13.9. The Bertz CT molecular complexity index is 1020. The first-order chi connectivity index (χ1) is 14.6. The third-order valence-corrected chi connectivity index (χ3v) is 5.82. The minimum absolute atomic E-state index is 0.218. The van der Waals surface area contributed by atoms with Gasteiger partial charge in [0.2, 0.25) is 5.95 Å². The van der Waals surface area contributed by atoms with E-state index >= 15 is 0 Å². The number of nitrogens with zero attached hydrogens (tertiary/aromatic N) is 6. The van der Waals surface area contributed by atoms with Crippen molar-refractivity contribution in [3.05, 3.63) is 53.4 Å². The second-order valence-corrected chi connectivity index (χ2v) is 7.64. The fourth-order valence-corrected chi connectivity index (χ4v) is 4.02. The SMILES string of the molecule is Cc1nc(-c2ccccn2)sc1C(=O)OCC(=O)N1CCN(c2ncccn2)CC1. The summed E-state index contributed by atoms with van der Waals surface area (Å²) in [6.07, 6.45) is 5.06. The van der Waals surface area contributed by atoms with Crippen molar-refractivity contribution in [2.45, 2.75) is 6.92 Å². The Morgan fingerprint density at radius 3 is 2.47 bits per heavy atom. The number of carbonyl (C=O) groups is 2. The maximum Gasteiger partial charge on any atom is 0.350 e. The maximum atomic E-state index is 12.5. The van der Waals surface area contributed by atoms with Gasteiger partial charge in [-0.05, 0) is 25.1 Å². The van der Waals surface area contributed by atoms with Gasteiger partial charge >= 0.3 is 5.97 Å². The van der Waals surface area contributed by atoms with Crippen LogP contribution in [0.2, 0.25) is 0 Å². The number of carbonyl (C=O) groups excluding carboxylic acids is 2. The lowest BCUT2D eigenvalue weighted by Gasteiger charge is -2.34. The maximum absolute atomic E-state index is 12.5. The van der Waals surface area contributed by atoms with Crippen molar-refractivity contribution in [1.29, 1.82) is 0 Å². The highest BCUT2D eigenvalue weighted by Crippen LogP contribution is 2.26. The number of hydrogen-bond acceptors (Lipinski definition) is 9. The molecule has 30 heavy (non-hydrogen) atoms. The lowest BCUT2D eigenvalue weighted by molar-refractivity contribution is -0.134. The number of esters is 1. The number of aromatic nitrogens is 4. The monoisotopic (exact) mass is 424 g/mol. The number of amides is 1. The number of anilines is 1. The number of hydrogen-bond donors (Lipinski definition) is 0. The molecule has 1 amide bonds. The number of ether oxygens (including phenoxy) is 1. The molecule has 0 radical (unpaired) electrons. The van der Waals surface area contributed by atoms with Crippen LogP contribution in [0.5, 0.6) is 0 Å². The summed E-state index contributed by atoms with van der Waals surface area (Å²) in [7, 11) is 0. The third kappa shape index (κ3) is 4.43. The molecule has 0 aromatic carbocycles. The molecule has 1 aliphatic rings. The Morgan fingerprint density at radius 2 is 1.77 bits per heavy atom. The van der Waals surface area contributed by atoms with Crippen molar-refractivity contribution >= 4 is 29.2 Å². The predicted octanol–water partition coefficient (Wildman–Crippen LogP) is 1.81. The highest BCUT2D eigenvalue weighted by atomic mass is 32.1. The van der Waals surface area contributed by atoms with E-state index in [0.717, 1.165) is 0 Å². The average molecular weight is 424 g/mol. The van der Waals surface area contributed by atoms with Crippen LogP contribution in [0.1, 0.15) is 15.4 Å². The number of thiazole rings is 1. The Labute approximate surface area is 177 Å². The fraction of sp³-hybridized carbons (Fsp3) is 0.300. The third-order valence-electron chi connectivity index (χ3n) is 4.66. The second-order valence-electron chi connectivity index (χ2n) is 6.64. The van der Waals surface area contributed by atoms with Crippen LogP contribution in [0.4, 0.5) is 5.95 Å². The predicted molar refractivity (Wildman–Crippen MR) is 111 cm³/mol. The van der Waals surface area contributed by atoms with E-state index in [9.17, 15) is 9.59 Å². The van der Waals surface area contributed by atoms with E-state index in [1.54, 1.807) is 36.5 Å². The van der Waals surface area contributed by atoms with Crippen molar-refractivity contribution in [1.82, 2.24) is 24.8 Å². The van der Waals surface area contributed by atoms with Crippen LogP contribution in [0, 0.1) is 6.92 Å². The molecule has 0 unspecified atom stereocenters. The minimum Gasteiger partial charge on any atom is -0.451 e. The summed E-state index contributed by atoms with van der Waals surface area (Å²) in [5.74, 6) is -0.110. The van der Waals surface area contributed by atoms with Crippen LogP contribution in [0.15, 0.2) is 42.9 Å². The zero-order valence-electron chi connectivity index (χ0n) is 16.4. The molecule has 1 aliphatic heterocycles. The van der Waals surface area contributed by atoms with E-state index in [1.807, 2.05) is 23.1 Å². The topological polar surface area (TPSA) is 101 Å². The van der Waals surface area contributed by atoms with Crippen LogP contribution in [-0.2, 0) is 9.53 Å². The first kappa shape index (κ1) is 19.9. The van der Waals surface area contributed by atoms with E-state index in [2.05, 4.69) is 19.9 Å². The van der Waals surface area contributed by atoms with Gasteiger partial charge < -0.3 is 14.5 Å². The average Bonchev–Trinajstić information content (AvgIpc) is 3.20. The van der Waals surface area contributed by atoms with Gasteiger partial charge in [-0.2, -0.15) is 0 Å². The molecule has 0 aliphatic carbocycles. The van der Waals surface area contributed by atoms with Crippen LogP contribution >= 0.6 is 11.3 Å². The zero-order valence-corrected chi connectivity index (χ0v) is 17.2. The summed E-state index contributed by atoms with van der Waals surface area (Å²) >= 11 is 1.21. The molecule has 4 heterocycles. The Morgan fingerprint density at radius 1 is 1.03 bits per heavy atom. The summed E-state index contributed by atoms with van der Waals surface area (Å²) < 4.78 is 5.27. The molecule has 1 fully saturated rings. The van der Waals surface area contributed by atoms with E-state index in [1.165, 1.54) is 11.3 Å².